The second-order valence-corrected chi connectivity index (χ2v) is 10.2. The highest BCUT2D eigenvalue weighted by Gasteiger charge is 2.45. The molecule has 1 aromatic carbocycles. The fourth-order valence-corrected chi connectivity index (χ4v) is 6.23. The van der Waals surface area contributed by atoms with Crippen LogP contribution in [0.25, 0.3) is 0 Å². The van der Waals surface area contributed by atoms with Gasteiger partial charge in [-0.15, -0.1) is 0 Å². The molecule has 2 bridgehead atoms. The van der Waals surface area contributed by atoms with Gasteiger partial charge in [0, 0.05) is 35.0 Å². The topological polar surface area (TPSA) is 106 Å². The average Bonchev–Trinajstić information content (AvgIpc) is 3.39. The van der Waals surface area contributed by atoms with Crippen molar-refractivity contribution >= 4 is 29.6 Å². The number of carbonyl (C=O) groups excluding carboxylic acids is 1. The smallest absolute Gasteiger partial charge is 0.243 e. The number of thioether (sulfide) groups is 1. The molecule has 6 N–H and O–H groups in total. The monoisotopic (exact) mass is 471 g/mol. The summed E-state index contributed by atoms with van der Waals surface area (Å²) in [5, 5.41) is 6.65. The predicted molar refractivity (Wildman–Crippen MR) is 136 cm³/mol. The summed E-state index contributed by atoms with van der Waals surface area (Å²) in [6.07, 6.45) is 6.01. The Balaban J connectivity index is 1.47. The van der Waals surface area contributed by atoms with Crippen molar-refractivity contribution in [3.8, 4) is 0 Å². The lowest BCUT2D eigenvalue weighted by Gasteiger charge is -2.28. The van der Waals surface area contributed by atoms with Crippen molar-refractivity contribution < 1.29 is 9.18 Å². The lowest BCUT2D eigenvalue weighted by Crippen LogP contribution is -2.32. The van der Waals surface area contributed by atoms with E-state index in [-0.39, 0.29) is 17.6 Å². The molecule has 0 aromatic heterocycles. The Morgan fingerprint density at radius 2 is 2.15 bits per heavy atom. The Kier molecular flexibility index (Phi) is 8.74. The van der Waals surface area contributed by atoms with Gasteiger partial charge in [-0.1, -0.05) is 25.3 Å². The molecule has 0 aliphatic heterocycles. The zero-order valence-corrected chi connectivity index (χ0v) is 19.9. The van der Waals surface area contributed by atoms with Crippen LogP contribution in [-0.4, -0.2) is 29.7 Å². The molecule has 0 saturated heterocycles. The Morgan fingerprint density at radius 3 is 2.82 bits per heavy atom. The quantitative estimate of drug-likeness (QED) is 0.285. The minimum atomic E-state index is -0.584. The molecule has 0 spiro atoms. The van der Waals surface area contributed by atoms with E-state index in [1.54, 1.807) is 0 Å². The summed E-state index contributed by atoms with van der Waals surface area (Å²) < 4.78 is 13.5. The number of nitrogens with zero attached hydrogens (tertiary/aromatic N) is 1. The number of nitrogens with one attached hydrogen (secondary N) is 2. The van der Waals surface area contributed by atoms with Crippen LogP contribution in [0.1, 0.15) is 37.8 Å². The highest BCUT2D eigenvalue weighted by molar-refractivity contribution is 7.99. The molecule has 178 valence electrons. The van der Waals surface area contributed by atoms with Crippen LogP contribution < -0.4 is 22.1 Å². The van der Waals surface area contributed by atoms with Crippen molar-refractivity contribution in [3.05, 3.63) is 66.4 Å². The second kappa shape index (κ2) is 11.5. The Hall–Kier alpha value is -2.58. The SMILES string of the molecule is C=CC(=O)NCC1CC2CC1CC2SCC(N)c1cccc(NC(=C)N=C/C(F)=C(\C)N)c1. The van der Waals surface area contributed by atoms with Gasteiger partial charge in [0.25, 0.3) is 0 Å². The maximum atomic E-state index is 13.5. The number of fused-ring (bicyclic) bond motifs is 2. The number of hydrogen-bond donors (Lipinski definition) is 4. The molecule has 5 atom stereocenters. The molecule has 2 fully saturated rings. The van der Waals surface area contributed by atoms with Crippen LogP contribution in [0.4, 0.5) is 10.1 Å². The molecule has 6 nitrogen and oxygen atoms in total. The minimum absolute atomic E-state index is 0.0717. The zero-order valence-electron chi connectivity index (χ0n) is 19.1. The van der Waals surface area contributed by atoms with Crippen LogP contribution >= 0.6 is 11.8 Å². The lowest BCUT2D eigenvalue weighted by molar-refractivity contribution is -0.116. The number of rotatable bonds is 11. The molecule has 1 amide bonds. The third-order valence-corrected chi connectivity index (χ3v) is 8.02. The first-order valence-electron chi connectivity index (χ1n) is 11.3. The van der Waals surface area contributed by atoms with Gasteiger partial charge in [-0.05, 0) is 67.7 Å². The fourth-order valence-electron chi connectivity index (χ4n) is 4.71. The van der Waals surface area contributed by atoms with Crippen LogP contribution in [0, 0.1) is 17.8 Å². The predicted octanol–water partition coefficient (Wildman–Crippen LogP) is 4.25. The van der Waals surface area contributed by atoms with E-state index in [9.17, 15) is 9.18 Å². The van der Waals surface area contributed by atoms with Crippen LogP contribution in [0.3, 0.4) is 0 Å². The van der Waals surface area contributed by atoms with E-state index in [1.165, 1.54) is 32.3 Å². The molecule has 2 saturated carbocycles. The maximum Gasteiger partial charge on any atom is 0.243 e. The number of benzene rings is 1. The largest absolute Gasteiger partial charge is 0.400 e. The summed E-state index contributed by atoms with van der Waals surface area (Å²) in [7, 11) is 0. The third-order valence-electron chi connectivity index (χ3n) is 6.47. The molecule has 3 rings (SSSR count). The number of anilines is 1. The minimum Gasteiger partial charge on any atom is -0.400 e. The van der Waals surface area contributed by atoms with Crippen molar-refractivity contribution in [2.75, 3.05) is 17.6 Å². The van der Waals surface area contributed by atoms with Gasteiger partial charge in [-0.3, -0.25) is 4.79 Å². The third kappa shape index (κ3) is 6.95. The Morgan fingerprint density at radius 1 is 1.36 bits per heavy atom. The number of amides is 1. The molecular weight excluding hydrogens is 437 g/mol. The first kappa shape index (κ1) is 25.1. The number of aliphatic imine (C=N–C) groups is 1. The number of nitrogens with two attached hydrogens (primary N) is 2. The molecule has 1 aromatic rings. The van der Waals surface area contributed by atoms with E-state index in [0.29, 0.717) is 28.8 Å². The summed E-state index contributed by atoms with van der Waals surface area (Å²) in [5.74, 6) is 2.47. The van der Waals surface area contributed by atoms with Crippen molar-refractivity contribution in [1.82, 2.24) is 5.32 Å². The van der Waals surface area contributed by atoms with Crippen molar-refractivity contribution in [2.24, 2.45) is 34.2 Å². The van der Waals surface area contributed by atoms with Crippen molar-refractivity contribution in [1.29, 1.82) is 0 Å². The standard InChI is InChI=1S/C25H34FN5OS/c1-4-25(32)30-12-20-9-19-8-18(20)11-24(19)33-14-23(28)17-6-5-7-21(10-17)31-16(3)29-13-22(26)15(2)27/h4-7,10,13,18-20,23-24,31H,1,3,8-9,11-12,14,27-28H2,2H3,(H,30,32)/b22-15-,29-13?. The van der Waals surface area contributed by atoms with Crippen molar-refractivity contribution in [2.45, 2.75) is 37.5 Å². The normalized spacial score (nSPS) is 25.5. The van der Waals surface area contributed by atoms with Crippen LogP contribution in [0.15, 0.2) is 65.8 Å². The molecule has 0 heterocycles. The summed E-state index contributed by atoms with van der Waals surface area (Å²) in [6.45, 7) is 9.54. The van der Waals surface area contributed by atoms with E-state index >= 15 is 0 Å². The van der Waals surface area contributed by atoms with Gasteiger partial charge in [-0.2, -0.15) is 11.8 Å². The average molecular weight is 472 g/mol. The first-order chi connectivity index (χ1) is 15.8. The summed E-state index contributed by atoms with van der Waals surface area (Å²) in [6, 6.07) is 7.73. The Labute approximate surface area is 199 Å². The van der Waals surface area contributed by atoms with Crippen LogP contribution in [-0.2, 0) is 4.79 Å². The fraction of sp³-hybridized carbons (Fsp3) is 0.440. The Bertz CT molecular complexity index is 942. The van der Waals surface area contributed by atoms with E-state index in [1.807, 2.05) is 36.0 Å². The summed E-state index contributed by atoms with van der Waals surface area (Å²) in [5.41, 5.74) is 13.8. The van der Waals surface area contributed by atoms with Gasteiger partial charge < -0.3 is 22.1 Å². The molecule has 2 aliphatic rings. The summed E-state index contributed by atoms with van der Waals surface area (Å²) in [4.78, 5) is 15.4. The molecule has 5 unspecified atom stereocenters. The molecule has 33 heavy (non-hydrogen) atoms. The van der Waals surface area contributed by atoms with Crippen molar-refractivity contribution in [3.63, 3.8) is 0 Å². The van der Waals surface area contributed by atoms with Gasteiger partial charge in [-0.25, -0.2) is 9.38 Å². The van der Waals surface area contributed by atoms with Gasteiger partial charge in [0.15, 0.2) is 5.83 Å². The van der Waals surface area contributed by atoms with Gasteiger partial charge >= 0.3 is 0 Å². The summed E-state index contributed by atoms with van der Waals surface area (Å²) >= 11 is 1.97. The van der Waals surface area contributed by atoms with E-state index in [0.717, 1.165) is 29.8 Å². The van der Waals surface area contributed by atoms with Crippen LogP contribution in [0.2, 0.25) is 0 Å². The molecule has 2 aliphatic carbocycles. The second-order valence-electron chi connectivity index (χ2n) is 8.90. The van der Waals surface area contributed by atoms with E-state index in [4.69, 9.17) is 11.5 Å². The van der Waals surface area contributed by atoms with E-state index in [2.05, 4.69) is 28.8 Å². The lowest BCUT2D eigenvalue weighted by atomic mass is 9.88. The number of hydrogen-bond acceptors (Lipinski definition) is 6. The highest BCUT2D eigenvalue weighted by Crippen LogP contribution is 2.52. The highest BCUT2D eigenvalue weighted by atomic mass is 32.2. The maximum absolute atomic E-state index is 13.5. The number of carbonyl (C=O) groups is 1. The molecule has 8 heteroatoms. The first-order valence-corrected chi connectivity index (χ1v) is 12.3. The molecular formula is C25H34FN5OS. The van der Waals surface area contributed by atoms with Gasteiger partial charge in [0.2, 0.25) is 5.91 Å². The van der Waals surface area contributed by atoms with Gasteiger partial charge in [0.05, 0.1) is 6.21 Å². The van der Waals surface area contributed by atoms with Gasteiger partial charge in [0.1, 0.15) is 5.82 Å². The van der Waals surface area contributed by atoms with Crippen LogP contribution in [0.5, 0.6) is 0 Å². The van der Waals surface area contributed by atoms with E-state index < -0.39 is 5.83 Å². The number of halogens is 1. The number of allylic oxidation sites excluding steroid dienone is 2. The molecule has 0 radical (unpaired) electrons. The zero-order chi connectivity index (χ0) is 24.0.